The molecule has 0 spiro atoms. The molecule has 0 saturated heterocycles. The molecule has 0 radical (unpaired) electrons. The van der Waals surface area contributed by atoms with Gasteiger partial charge >= 0.3 is 5.97 Å². The molecule has 0 bridgehead atoms. The molecule has 1 aliphatic carbocycles. The molecule has 6 heteroatoms. The predicted octanol–water partition coefficient (Wildman–Crippen LogP) is 2.54. The molecule has 1 heterocycles. The SMILES string of the molecule is CCOC(=O)c1sc2c(c1OCC(O)CNC(C)(C)C)CCC2. The number of nitrogens with one attached hydrogen (secondary N) is 1. The Morgan fingerprint density at radius 3 is 2.78 bits per heavy atom. The van der Waals surface area contributed by atoms with Crippen LogP contribution in [0.1, 0.15) is 54.2 Å². The number of fused-ring (bicyclic) bond motifs is 1. The van der Waals surface area contributed by atoms with Crippen LogP contribution >= 0.6 is 11.3 Å². The smallest absolute Gasteiger partial charge is 0.352 e. The Balaban J connectivity index is 2.02. The van der Waals surface area contributed by atoms with Gasteiger partial charge < -0.3 is 19.9 Å². The molecule has 5 nitrogen and oxygen atoms in total. The molecule has 0 aliphatic heterocycles. The zero-order valence-electron chi connectivity index (χ0n) is 14.4. The van der Waals surface area contributed by atoms with E-state index < -0.39 is 6.10 Å². The van der Waals surface area contributed by atoms with Crippen molar-refractivity contribution in [1.29, 1.82) is 0 Å². The lowest BCUT2D eigenvalue weighted by Crippen LogP contribution is -2.42. The van der Waals surface area contributed by atoms with Gasteiger partial charge in [-0.3, -0.25) is 0 Å². The van der Waals surface area contributed by atoms with Crippen LogP contribution in [0.15, 0.2) is 0 Å². The summed E-state index contributed by atoms with van der Waals surface area (Å²) in [6.07, 6.45) is 2.39. The van der Waals surface area contributed by atoms with E-state index in [0.717, 1.165) is 24.8 Å². The van der Waals surface area contributed by atoms with Gasteiger partial charge in [0.15, 0.2) is 4.88 Å². The summed E-state index contributed by atoms with van der Waals surface area (Å²) in [7, 11) is 0. The van der Waals surface area contributed by atoms with E-state index in [0.29, 0.717) is 23.8 Å². The number of aliphatic hydroxyl groups is 1. The van der Waals surface area contributed by atoms with Crippen LogP contribution in [0.2, 0.25) is 0 Å². The molecule has 0 fully saturated rings. The average Bonchev–Trinajstić information content (AvgIpc) is 3.03. The maximum absolute atomic E-state index is 12.1. The fourth-order valence-electron chi connectivity index (χ4n) is 2.52. The minimum absolute atomic E-state index is 0.0549. The van der Waals surface area contributed by atoms with Crippen LogP contribution in [-0.4, -0.2) is 42.5 Å². The Labute approximate surface area is 142 Å². The molecule has 0 amide bonds. The van der Waals surface area contributed by atoms with Crippen molar-refractivity contribution in [3.05, 3.63) is 15.3 Å². The third-order valence-corrected chi connectivity index (χ3v) is 4.87. The zero-order chi connectivity index (χ0) is 17.0. The van der Waals surface area contributed by atoms with Gasteiger partial charge in [0.1, 0.15) is 18.5 Å². The van der Waals surface area contributed by atoms with E-state index in [2.05, 4.69) is 5.32 Å². The van der Waals surface area contributed by atoms with Gasteiger partial charge in [0.25, 0.3) is 0 Å². The van der Waals surface area contributed by atoms with Crippen LogP contribution in [0.3, 0.4) is 0 Å². The van der Waals surface area contributed by atoms with E-state index in [1.54, 1.807) is 6.92 Å². The number of hydrogen-bond donors (Lipinski definition) is 2. The lowest BCUT2D eigenvalue weighted by Gasteiger charge is -2.23. The van der Waals surface area contributed by atoms with E-state index in [1.165, 1.54) is 16.2 Å². The molecule has 130 valence electrons. The first kappa shape index (κ1) is 18.2. The summed E-state index contributed by atoms with van der Waals surface area (Å²) in [5, 5.41) is 13.3. The number of aryl methyl sites for hydroxylation is 1. The molecule has 0 aromatic carbocycles. The van der Waals surface area contributed by atoms with Gasteiger partial charge in [-0.25, -0.2) is 4.79 Å². The maximum Gasteiger partial charge on any atom is 0.352 e. The maximum atomic E-state index is 12.1. The summed E-state index contributed by atoms with van der Waals surface area (Å²) in [6, 6.07) is 0. The number of rotatable bonds is 7. The second-order valence-corrected chi connectivity index (χ2v) is 7.94. The second kappa shape index (κ2) is 7.64. The molecule has 23 heavy (non-hydrogen) atoms. The van der Waals surface area contributed by atoms with Gasteiger partial charge in [0.05, 0.1) is 6.61 Å². The molecule has 2 N–H and O–H groups in total. The summed E-state index contributed by atoms with van der Waals surface area (Å²) in [6.45, 7) is 8.89. The van der Waals surface area contributed by atoms with Crippen molar-refractivity contribution >= 4 is 17.3 Å². The molecule has 1 aromatic rings. The highest BCUT2D eigenvalue weighted by Crippen LogP contribution is 2.41. The number of ether oxygens (including phenoxy) is 2. The van der Waals surface area contributed by atoms with Crippen LogP contribution in [0.25, 0.3) is 0 Å². The van der Waals surface area contributed by atoms with Gasteiger partial charge in [0, 0.05) is 22.5 Å². The van der Waals surface area contributed by atoms with Crippen molar-refractivity contribution in [3.8, 4) is 5.75 Å². The second-order valence-electron chi connectivity index (χ2n) is 6.83. The van der Waals surface area contributed by atoms with E-state index in [-0.39, 0.29) is 18.1 Å². The normalized spacial score (nSPS) is 15.3. The number of esters is 1. The zero-order valence-corrected chi connectivity index (χ0v) is 15.2. The van der Waals surface area contributed by atoms with Crippen molar-refractivity contribution in [3.63, 3.8) is 0 Å². The summed E-state index contributed by atoms with van der Waals surface area (Å²) < 4.78 is 11.0. The quantitative estimate of drug-likeness (QED) is 0.746. The lowest BCUT2D eigenvalue weighted by atomic mass is 10.1. The van der Waals surface area contributed by atoms with E-state index >= 15 is 0 Å². The lowest BCUT2D eigenvalue weighted by molar-refractivity contribution is 0.0521. The van der Waals surface area contributed by atoms with Crippen LogP contribution in [0, 0.1) is 0 Å². The Bertz CT molecular complexity index is 548. The Morgan fingerprint density at radius 1 is 1.39 bits per heavy atom. The van der Waals surface area contributed by atoms with Crippen molar-refractivity contribution in [2.45, 2.75) is 58.6 Å². The molecule has 1 atom stereocenters. The third-order valence-electron chi connectivity index (χ3n) is 3.62. The van der Waals surface area contributed by atoms with Crippen LogP contribution < -0.4 is 10.1 Å². The topological polar surface area (TPSA) is 67.8 Å². The Morgan fingerprint density at radius 2 is 2.13 bits per heavy atom. The molecular formula is C17H27NO4S. The minimum Gasteiger partial charge on any atom is -0.489 e. The molecule has 1 aromatic heterocycles. The van der Waals surface area contributed by atoms with Crippen LogP contribution in [0.4, 0.5) is 0 Å². The molecule has 1 aliphatic rings. The van der Waals surface area contributed by atoms with E-state index in [4.69, 9.17) is 9.47 Å². The summed E-state index contributed by atoms with van der Waals surface area (Å²) >= 11 is 1.47. The van der Waals surface area contributed by atoms with Crippen molar-refractivity contribution in [2.75, 3.05) is 19.8 Å². The van der Waals surface area contributed by atoms with Gasteiger partial charge in [-0.1, -0.05) is 0 Å². The summed E-state index contributed by atoms with van der Waals surface area (Å²) in [4.78, 5) is 13.9. The van der Waals surface area contributed by atoms with E-state index in [1.807, 2.05) is 20.8 Å². The van der Waals surface area contributed by atoms with E-state index in [9.17, 15) is 9.90 Å². The van der Waals surface area contributed by atoms with Crippen molar-refractivity contribution in [1.82, 2.24) is 5.32 Å². The fraction of sp³-hybridized carbons (Fsp3) is 0.706. The number of thiophene rings is 1. The number of hydrogen-bond acceptors (Lipinski definition) is 6. The van der Waals surface area contributed by atoms with Crippen LogP contribution in [-0.2, 0) is 17.6 Å². The number of carbonyl (C=O) groups is 1. The van der Waals surface area contributed by atoms with Gasteiger partial charge in [-0.2, -0.15) is 0 Å². The Kier molecular flexibility index (Phi) is 6.06. The largest absolute Gasteiger partial charge is 0.489 e. The van der Waals surface area contributed by atoms with Crippen LogP contribution in [0.5, 0.6) is 5.75 Å². The minimum atomic E-state index is -0.624. The first-order valence-corrected chi connectivity index (χ1v) is 9.01. The molecule has 2 rings (SSSR count). The fourth-order valence-corrected chi connectivity index (χ4v) is 3.75. The van der Waals surface area contributed by atoms with Crippen molar-refractivity contribution in [2.24, 2.45) is 0 Å². The third kappa shape index (κ3) is 4.93. The molecule has 0 saturated carbocycles. The highest BCUT2D eigenvalue weighted by molar-refractivity contribution is 7.14. The Hall–Kier alpha value is -1.11. The monoisotopic (exact) mass is 341 g/mol. The summed E-state index contributed by atoms with van der Waals surface area (Å²) in [5.41, 5.74) is 1.06. The average molecular weight is 341 g/mol. The van der Waals surface area contributed by atoms with Gasteiger partial charge in [-0.05, 0) is 47.0 Å². The highest BCUT2D eigenvalue weighted by Gasteiger charge is 2.28. The first-order valence-electron chi connectivity index (χ1n) is 8.19. The number of β-amino-alcohol motifs (C(OH)–C–C–N with tert-alkyl or cyclic N) is 1. The standard InChI is InChI=1S/C17H27NO4S/c1-5-21-16(20)15-14(12-7-6-8-13(12)23-15)22-10-11(19)9-18-17(2,3)4/h11,18-19H,5-10H2,1-4H3. The highest BCUT2D eigenvalue weighted by atomic mass is 32.1. The van der Waals surface area contributed by atoms with Gasteiger partial charge in [-0.15, -0.1) is 11.3 Å². The molecule has 1 unspecified atom stereocenters. The molecular weight excluding hydrogens is 314 g/mol. The number of aliphatic hydroxyl groups excluding tert-OH is 1. The van der Waals surface area contributed by atoms with Gasteiger partial charge in [0.2, 0.25) is 0 Å². The summed E-state index contributed by atoms with van der Waals surface area (Å²) in [5.74, 6) is 0.292. The van der Waals surface area contributed by atoms with Crippen molar-refractivity contribution < 1.29 is 19.4 Å². The first-order chi connectivity index (χ1) is 10.8. The number of carbonyl (C=O) groups excluding carboxylic acids is 1. The predicted molar refractivity (Wildman–Crippen MR) is 91.6 cm³/mol.